The number of rotatable bonds is 7. The van der Waals surface area contributed by atoms with Gasteiger partial charge in [0.2, 0.25) is 11.8 Å². The molecule has 2 amide bonds. The maximum absolute atomic E-state index is 12.5. The maximum Gasteiger partial charge on any atom is 0.261 e. The van der Waals surface area contributed by atoms with Gasteiger partial charge in [-0.15, -0.1) is 0 Å². The maximum atomic E-state index is 12.5. The number of carbonyl (C=O) groups is 2. The summed E-state index contributed by atoms with van der Waals surface area (Å²) >= 11 is 0. The summed E-state index contributed by atoms with van der Waals surface area (Å²) in [5, 5.41) is 3.22. The standard InChI is InChI=1S/C18H24N4O3/c1-4-19-15(23)11-21(5-2)16(24)9-10-22-12-20-17-13(3)7-6-8-14(17)18(22)25/h6-8,12H,4-5,9-11H2,1-3H3,(H,19,23). The van der Waals surface area contributed by atoms with Crippen LogP contribution in [0.15, 0.2) is 29.3 Å². The van der Waals surface area contributed by atoms with Crippen molar-refractivity contribution in [3.63, 3.8) is 0 Å². The summed E-state index contributed by atoms with van der Waals surface area (Å²) in [5.41, 5.74) is 1.46. The second kappa shape index (κ2) is 8.41. The van der Waals surface area contributed by atoms with E-state index in [9.17, 15) is 14.4 Å². The lowest BCUT2D eigenvalue weighted by molar-refractivity contribution is -0.136. The van der Waals surface area contributed by atoms with Gasteiger partial charge in [0.15, 0.2) is 0 Å². The van der Waals surface area contributed by atoms with Gasteiger partial charge >= 0.3 is 0 Å². The Morgan fingerprint density at radius 2 is 2.04 bits per heavy atom. The van der Waals surface area contributed by atoms with Crippen LogP contribution in [-0.2, 0) is 16.1 Å². The van der Waals surface area contributed by atoms with E-state index >= 15 is 0 Å². The van der Waals surface area contributed by atoms with E-state index in [4.69, 9.17) is 0 Å². The van der Waals surface area contributed by atoms with E-state index < -0.39 is 0 Å². The fourth-order valence-electron chi connectivity index (χ4n) is 2.67. The van der Waals surface area contributed by atoms with Crippen LogP contribution in [0.4, 0.5) is 0 Å². The van der Waals surface area contributed by atoms with E-state index in [1.54, 1.807) is 6.07 Å². The fourth-order valence-corrected chi connectivity index (χ4v) is 2.67. The average molecular weight is 344 g/mol. The zero-order valence-electron chi connectivity index (χ0n) is 14.9. The highest BCUT2D eigenvalue weighted by atomic mass is 16.2. The van der Waals surface area contributed by atoms with Crippen molar-refractivity contribution in [3.05, 3.63) is 40.4 Å². The molecule has 0 spiro atoms. The Morgan fingerprint density at radius 1 is 1.28 bits per heavy atom. The highest BCUT2D eigenvalue weighted by Gasteiger charge is 2.15. The number of benzene rings is 1. The van der Waals surface area contributed by atoms with E-state index in [0.29, 0.717) is 24.0 Å². The Morgan fingerprint density at radius 3 is 2.72 bits per heavy atom. The average Bonchev–Trinajstić information content (AvgIpc) is 2.59. The summed E-state index contributed by atoms with van der Waals surface area (Å²) in [7, 11) is 0. The molecule has 0 saturated heterocycles. The number of nitrogens with one attached hydrogen (secondary N) is 1. The molecular formula is C18H24N4O3. The molecule has 0 fully saturated rings. The molecule has 0 aliphatic rings. The Labute approximate surface area is 146 Å². The molecule has 7 heteroatoms. The summed E-state index contributed by atoms with van der Waals surface area (Å²) in [6, 6.07) is 5.47. The topological polar surface area (TPSA) is 84.3 Å². The molecule has 7 nitrogen and oxygen atoms in total. The number of amides is 2. The lowest BCUT2D eigenvalue weighted by atomic mass is 10.1. The molecule has 1 aromatic carbocycles. The van der Waals surface area contributed by atoms with Crippen LogP contribution in [0.5, 0.6) is 0 Å². The minimum absolute atomic E-state index is 0.0350. The molecule has 0 unspecified atom stereocenters. The highest BCUT2D eigenvalue weighted by Crippen LogP contribution is 2.11. The van der Waals surface area contributed by atoms with Crippen LogP contribution >= 0.6 is 0 Å². The van der Waals surface area contributed by atoms with Gasteiger partial charge in [-0.1, -0.05) is 12.1 Å². The fraction of sp³-hybridized carbons (Fsp3) is 0.444. The van der Waals surface area contributed by atoms with Gasteiger partial charge in [-0.05, 0) is 32.4 Å². The Bertz CT molecular complexity index is 829. The predicted octanol–water partition coefficient (Wildman–Crippen LogP) is 1.08. The first kappa shape index (κ1) is 18.6. The first-order valence-corrected chi connectivity index (χ1v) is 8.47. The SMILES string of the molecule is CCNC(=O)CN(CC)C(=O)CCn1cnc2c(C)cccc2c1=O. The largest absolute Gasteiger partial charge is 0.355 e. The molecular weight excluding hydrogens is 320 g/mol. The van der Waals surface area contributed by atoms with Crippen molar-refractivity contribution in [1.29, 1.82) is 0 Å². The van der Waals surface area contributed by atoms with E-state index in [-0.39, 0.29) is 36.9 Å². The van der Waals surface area contributed by atoms with Gasteiger partial charge in [-0.3, -0.25) is 19.0 Å². The van der Waals surface area contributed by atoms with Crippen LogP contribution in [0.3, 0.4) is 0 Å². The van der Waals surface area contributed by atoms with E-state index in [2.05, 4.69) is 10.3 Å². The van der Waals surface area contributed by atoms with Gasteiger partial charge in [-0.25, -0.2) is 4.98 Å². The predicted molar refractivity (Wildman–Crippen MR) is 96.3 cm³/mol. The number of para-hydroxylation sites is 1. The molecule has 134 valence electrons. The molecule has 1 heterocycles. The molecule has 1 aromatic heterocycles. The van der Waals surface area contributed by atoms with Gasteiger partial charge < -0.3 is 10.2 Å². The van der Waals surface area contributed by atoms with E-state index in [1.807, 2.05) is 32.9 Å². The third-order valence-electron chi connectivity index (χ3n) is 4.06. The molecule has 0 saturated carbocycles. The van der Waals surface area contributed by atoms with Crippen LogP contribution in [-0.4, -0.2) is 45.9 Å². The molecule has 1 N–H and O–H groups in total. The van der Waals surface area contributed by atoms with Crippen molar-refractivity contribution in [3.8, 4) is 0 Å². The second-order valence-electron chi connectivity index (χ2n) is 5.83. The monoisotopic (exact) mass is 344 g/mol. The van der Waals surface area contributed by atoms with Gasteiger partial charge in [0.25, 0.3) is 5.56 Å². The van der Waals surface area contributed by atoms with Crippen LogP contribution in [0.1, 0.15) is 25.8 Å². The summed E-state index contributed by atoms with van der Waals surface area (Å²) in [6.07, 6.45) is 1.62. The molecule has 2 rings (SSSR count). The molecule has 0 bridgehead atoms. The van der Waals surface area contributed by atoms with Crippen molar-refractivity contribution in [2.45, 2.75) is 33.7 Å². The molecule has 2 aromatic rings. The zero-order chi connectivity index (χ0) is 18.4. The Balaban J connectivity index is 2.09. The highest BCUT2D eigenvalue weighted by molar-refractivity contribution is 5.84. The van der Waals surface area contributed by atoms with Gasteiger partial charge in [-0.2, -0.15) is 0 Å². The van der Waals surface area contributed by atoms with Crippen LogP contribution in [0, 0.1) is 6.92 Å². The van der Waals surface area contributed by atoms with Crippen molar-refractivity contribution >= 4 is 22.7 Å². The quantitative estimate of drug-likeness (QED) is 0.814. The first-order valence-electron chi connectivity index (χ1n) is 8.47. The Kier molecular flexibility index (Phi) is 6.27. The minimum atomic E-state index is -0.183. The number of hydrogen-bond acceptors (Lipinski definition) is 4. The number of aromatic nitrogens is 2. The smallest absolute Gasteiger partial charge is 0.261 e. The van der Waals surface area contributed by atoms with E-state index in [0.717, 1.165) is 5.56 Å². The van der Waals surface area contributed by atoms with Crippen LogP contribution in [0.2, 0.25) is 0 Å². The van der Waals surface area contributed by atoms with Gasteiger partial charge in [0, 0.05) is 26.1 Å². The number of likely N-dealkylation sites (N-methyl/N-ethyl adjacent to an activating group) is 2. The molecule has 0 aliphatic heterocycles. The minimum Gasteiger partial charge on any atom is -0.355 e. The lowest BCUT2D eigenvalue weighted by Crippen LogP contribution is -2.41. The molecule has 0 radical (unpaired) electrons. The Hall–Kier alpha value is -2.70. The number of nitrogens with zero attached hydrogens (tertiary/aromatic N) is 3. The normalized spacial score (nSPS) is 10.7. The number of carbonyl (C=O) groups excluding carboxylic acids is 2. The number of fused-ring (bicyclic) bond motifs is 1. The van der Waals surface area contributed by atoms with Crippen LogP contribution in [0.25, 0.3) is 10.9 Å². The van der Waals surface area contributed by atoms with E-state index in [1.165, 1.54) is 15.8 Å². The number of hydrogen-bond donors (Lipinski definition) is 1. The third-order valence-corrected chi connectivity index (χ3v) is 4.06. The summed E-state index contributed by atoms with van der Waals surface area (Å²) in [4.78, 5) is 42.3. The van der Waals surface area contributed by atoms with Gasteiger partial charge in [0.1, 0.15) is 0 Å². The third kappa shape index (κ3) is 4.43. The van der Waals surface area contributed by atoms with Crippen molar-refractivity contribution in [2.24, 2.45) is 0 Å². The molecule has 25 heavy (non-hydrogen) atoms. The lowest BCUT2D eigenvalue weighted by Gasteiger charge is -2.20. The van der Waals surface area contributed by atoms with Gasteiger partial charge in [0.05, 0.1) is 23.8 Å². The first-order chi connectivity index (χ1) is 12.0. The summed E-state index contributed by atoms with van der Waals surface area (Å²) < 4.78 is 1.44. The van der Waals surface area contributed by atoms with Crippen molar-refractivity contribution in [2.75, 3.05) is 19.6 Å². The summed E-state index contributed by atoms with van der Waals surface area (Å²) in [6.45, 7) is 6.81. The zero-order valence-corrected chi connectivity index (χ0v) is 14.9. The molecule has 0 aliphatic carbocycles. The second-order valence-corrected chi connectivity index (χ2v) is 5.83. The number of aryl methyl sites for hydroxylation is 2. The van der Waals surface area contributed by atoms with Crippen LogP contribution < -0.4 is 10.9 Å². The molecule has 0 atom stereocenters. The summed E-state index contributed by atoms with van der Waals surface area (Å²) in [5.74, 6) is -0.345. The van der Waals surface area contributed by atoms with Crippen molar-refractivity contribution < 1.29 is 9.59 Å². The van der Waals surface area contributed by atoms with Crippen molar-refractivity contribution in [1.82, 2.24) is 19.8 Å².